The zero-order valence-electron chi connectivity index (χ0n) is 19.6. The van der Waals surface area contributed by atoms with Gasteiger partial charge in [0.2, 0.25) is 0 Å². The molecular formula is C24H42IN5O. The summed E-state index contributed by atoms with van der Waals surface area (Å²) < 4.78 is 5.49. The summed E-state index contributed by atoms with van der Waals surface area (Å²) in [7, 11) is 0. The Labute approximate surface area is 206 Å². The standard InChI is InChI=1S/C24H41N5O.HI/c1-4-25-24(26-17-21(3)29-12-8-7-9-20(29)2)27-18-22-10-5-6-11-23(22)19-28-13-15-30-16-14-28;/h5-6,10-11,20-21H,4,7-9,12-19H2,1-3H3,(H2,25,26,27);1H. The zero-order chi connectivity index (χ0) is 21.2. The summed E-state index contributed by atoms with van der Waals surface area (Å²) in [5.41, 5.74) is 2.67. The predicted molar refractivity (Wildman–Crippen MR) is 140 cm³/mol. The maximum Gasteiger partial charge on any atom is 0.191 e. The van der Waals surface area contributed by atoms with Gasteiger partial charge in [0.05, 0.1) is 19.8 Å². The van der Waals surface area contributed by atoms with E-state index < -0.39 is 0 Å². The molecule has 7 heteroatoms. The molecule has 2 heterocycles. The average Bonchev–Trinajstić information content (AvgIpc) is 2.77. The third kappa shape index (κ3) is 8.51. The fraction of sp³-hybridized carbons (Fsp3) is 0.708. The van der Waals surface area contributed by atoms with Crippen LogP contribution < -0.4 is 10.6 Å². The lowest BCUT2D eigenvalue weighted by molar-refractivity contribution is 0.0341. The minimum Gasteiger partial charge on any atom is -0.379 e. The Morgan fingerprint density at radius 2 is 1.87 bits per heavy atom. The van der Waals surface area contributed by atoms with Crippen LogP contribution in [-0.4, -0.2) is 73.8 Å². The molecule has 0 amide bonds. The highest BCUT2D eigenvalue weighted by molar-refractivity contribution is 14.0. The number of guanidine groups is 1. The molecule has 0 radical (unpaired) electrons. The van der Waals surface area contributed by atoms with Crippen molar-refractivity contribution in [1.29, 1.82) is 0 Å². The van der Waals surface area contributed by atoms with Gasteiger partial charge in [-0.05, 0) is 51.3 Å². The highest BCUT2D eigenvalue weighted by atomic mass is 127. The highest BCUT2D eigenvalue weighted by Crippen LogP contribution is 2.18. The number of hydrogen-bond donors (Lipinski definition) is 2. The number of nitrogens with zero attached hydrogens (tertiary/aromatic N) is 3. The van der Waals surface area contributed by atoms with E-state index in [-0.39, 0.29) is 24.0 Å². The molecule has 2 saturated heterocycles. The molecule has 2 aliphatic rings. The lowest BCUT2D eigenvalue weighted by Crippen LogP contribution is -2.50. The Morgan fingerprint density at radius 1 is 1.13 bits per heavy atom. The number of ether oxygens (including phenoxy) is 1. The number of nitrogens with one attached hydrogen (secondary N) is 2. The molecule has 0 saturated carbocycles. The van der Waals surface area contributed by atoms with E-state index in [1.165, 1.54) is 36.9 Å². The molecule has 2 unspecified atom stereocenters. The minimum absolute atomic E-state index is 0. The number of morpholine rings is 1. The summed E-state index contributed by atoms with van der Waals surface area (Å²) >= 11 is 0. The largest absolute Gasteiger partial charge is 0.379 e. The Bertz CT molecular complexity index is 665. The van der Waals surface area contributed by atoms with Crippen molar-refractivity contribution in [2.24, 2.45) is 4.99 Å². The fourth-order valence-electron chi connectivity index (χ4n) is 4.51. The first-order chi connectivity index (χ1) is 14.7. The number of hydrogen-bond acceptors (Lipinski definition) is 4. The van der Waals surface area contributed by atoms with Crippen LogP contribution in [0.4, 0.5) is 0 Å². The van der Waals surface area contributed by atoms with E-state index >= 15 is 0 Å². The van der Waals surface area contributed by atoms with E-state index in [2.05, 4.69) is 65.5 Å². The number of aliphatic imine (C=N–C) groups is 1. The summed E-state index contributed by atoms with van der Waals surface area (Å²) in [5, 5.41) is 7.00. The van der Waals surface area contributed by atoms with Crippen LogP contribution in [0.1, 0.15) is 51.2 Å². The number of likely N-dealkylation sites (tertiary alicyclic amines) is 1. The topological polar surface area (TPSA) is 52.1 Å². The molecule has 0 aliphatic carbocycles. The fourth-order valence-corrected chi connectivity index (χ4v) is 4.51. The SMILES string of the molecule is CCNC(=NCc1ccccc1CN1CCOCC1)NCC(C)N1CCCCC1C.I. The van der Waals surface area contributed by atoms with Crippen LogP contribution in [-0.2, 0) is 17.8 Å². The summed E-state index contributed by atoms with van der Waals surface area (Å²) in [6, 6.07) is 9.89. The van der Waals surface area contributed by atoms with Gasteiger partial charge >= 0.3 is 0 Å². The monoisotopic (exact) mass is 543 g/mol. The van der Waals surface area contributed by atoms with Crippen molar-refractivity contribution in [2.75, 3.05) is 45.9 Å². The Morgan fingerprint density at radius 3 is 2.58 bits per heavy atom. The van der Waals surface area contributed by atoms with Crippen LogP contribution in [0, 0.1) is 0 Å². The maximum atomic E-state index is 5.49. The van der Waals surface area contributed by atoms with Crippen LogP contribution >= 0.6 is 24.0 Å². The van der Waals surface area contributed by atoms with Gasteiger partial charge in [0.1, 0.15) is 0 Å². The first-order valence-electron chi connectivity index (χ1n) is 11.8. The average molecular weight is 544 g/mol. The predicted octanol–water partition coefficient (Wildman–Crippen LogP) is 3.45. The van der Waals surface area contributed by atoms with E-state index in [1.54, 1.807) is 0 Å². The third-order valence-corrected chi connectivity index (χ3v) is 6.35. The van der Waals surface area contributed by atoms with Gasteiger partial charge in [0.25, 0.3) is 0 Å². The van der Waals surface area contributed by atoms with E-state index in [4.69, 9.17) is 9.73 Å². The number of benzene rings is 1. The van der Waals surface area contributed by atoms with Crippen LogP contribution in [0.5, 0.6) is 0 Å². The first-order valence-corrected chi connectivity index (χ1v) is 11.8. The second kappa shape index (κ2) is 14.3. The third-order valence-electron chi connectivity index (χ3n) is 6.35. The van der Waals surface area contributed by atoms with Crippen molar-refractivity contribution in [3.05, 3.63) is 35.4 Å². The van der Waals surface area contributed by atoms with Gasteiger partial charge in [0.15, 0.2) is 5.96 Å². The second-order valence-electron chi connectivity index (χ2n) is 8.66. The molecule has 1 aromatic rings. The van der Waals surface area contributed by atoms with Gasteiger partial charge in [0, 0.05) is 44.8 Å². The maximum absolute atomic E-state index is 5.49. The summed E-state index contributed by atoms with van der Waals surface area (Å²) in [6.45, 7) is 15.2. The molecule has 2 aliphatic heterocycles. The van der Waals surface area contributed by atoms with Gasteiger partial charge in [-0.3, -0.25) is 9.80 Å². The minimum atomic E-state index is 0. The van der Waals surface area contributed by atoms with Crippen molar-refractivity contribution in [2.45, 2.75) is 65.2 Å². The molecule has 176 valence electrons. The molecule has 0 aromatic heterocycles. The number of halogens is 1. The van der Waals surface area contributed by atoms with Gasteiger partial charge in [-0.1, -0.05) is 30.7 Å². The normalized spacial score (nSPS) is 21.9. The molecule has 2 N–H and O–H groups in total. The molecule has 3 rings (SSSR count). The van der Waals surface area contributed by atoms with Crippen LogP contribution in [0.25, 0.3) is 0 Å². The molecule has 0 spiro atoms. The molecule has 0 bridgehead atoms. The summed E-state index contributed by atoms with van der Waals surface area (Å²) in [5.74, 6) is 0.912. The number of rotatable bonds is 8. The van der Waals surface area contributed by atoms with Gasteiger partial charge in [-0.25, -0.2) is 4.99 Å². The molecular weight excluding hydrogens is 501 g/mol. The number of piperidine rings is 1. The van der Waals surface area contributed by atoms with Crippen LogP contribution in [0.2, 0.25) is 0 Å². The van der Waals surface area contributed by atoms with Crippen LogP contribution in [0.15, 0.2) is 29.3 Å². The van der Waals surface area contributed by atoms with Crippen LogP contribution in [0.3, 0.4) is 0 Å². The lowest BCUT2D eigenvalue weighted by atomic mass is 10.0. The van der Waals surface area contributed by atoms with Crippen molar-refractivity contribution < 1.29 is 4.74 Å². The van der Waals surface area contributed by atoms with Gasteiger partial charge in [-0.15, -0.1) is 24.0 Å². The molecule has 31 heavy (non-hydrogen) atoms. The molecule has 6 nitrogen and oxygen atoms in total. The Kier molecular flexibility index (Phi) is 12.1. The smallest absolute Gasteiger partial charge is 0.191 e. The molecule has 2 fully saturated rings. The summed E-state index contributed by atoms with van der Waals surface area (Å²) in [6.07, 6.45) is 4.01. The zero-order valence-corrected chi connectivity index (χ0v) is 21.9. The van der Waals surface area contributed by atoms with E-state index in [1.807, 2.05) is 0 Å². The van der Waals surface area contributed by atoms with Gasteiger partial charge in [-0.2, -0.15) is 0 Å². The van der Waals surface area contributed by atoms with Crippen molar-refractivity contribution in [3.8, 4) is 0 Å². The van der Waals surface area contributed by atoms with E-state index in [0.717, 1.165) is 51.9 Å². The molecule has 2 atom stereocenters. The first kappa shape index (κ1) is 26.4. The van der Waals surface area contributed by atoms with E-state index in [9.17, 15) is 0 Å². The van der Waals surface area contributed by atoms with Gasteiger partial charge < -0.3 is 15.4 Å². The van der Waals surface area contributed by atoms with Crippen molar-refractivity contribution in [1.82, 2.24) is 20.4 Å². The lowest BCUT2D eigenvalue weighted by Gasteiger charge is -2.38. The van der Waals surface area contributed by atoms with Crippen molar-refractivity contribution in [3.63, 3.8) is 0 Å². The second-order valence-corrected chi connectivity index (χ2v) is 8.66. The van der Waals surface area contributed by atoms with E-state index in [0.29, 0.717) is 18.6 Å². The Balaban J connectivity index is 0.00000341. The Hall–Kier alpha value is -0.900. The highest BCUT2D eigenvalue weighted by Gasteiger charge is 2.23. The molecule has 1 aromatic carbocycles. The summed E-state index contributed by atoms with van der Waals surface area (Å²) in [4.78, 5) is 10.0. The quantitative estimate of drug-likeness (QED) is 0.299. The van der Waals surface area contributed by atoms with Crippen molar-refractivity contribution >= 4 is 29.9 Å².